The van der Waals surface area contributed by atoms with Gasteiger partial charge in [-0.2, -0.15) is 0 Å². The summed E-state index contributed by atoms with van der Waals surface area (Å²) in [6.45, 7) is 4.70. The minimum absolute atomic E-state index is 0.477. The molecule has 0 atom stereocenters. The van der Waals surface area contributed by atoms with Crippen molar-refractivity contribution in [1.29, 1.82) is 0 Å². The predicted octanol–water partition coefficient (Wildman–Crippen LogP) is 1.01. The first-order chi connectivity index (χ1) is 8.26. The third-order valence-electron chi connectivity index (χ3n) is 3.26. The molecule has 1 aliphatic rings. The SMILES string of the molecule is CCCC1(CN=C(NN)NCCCOC)CC1. The number of hydrogen-bond acceptors (Lipinski definition) is 3. The summed E-state index contributed by atoms with van der Waals surface area (Å²) >= 11 is 0. The Labute approximate surface area is 104 Å². The van der Waals surface area contributed by atoms with Crippen molar-refractivity contribution in [1.82, 2.24) is 10.7 Å². The van der Waals surface area contributed by atoms with Crippen LogP contribution in [-0.2, 0) is 4.74 Å². The number of ether oxygens (including phenoxy) is 1. The van der Waals surface area contributed by atoms with Crippen LogP contribution < -0.4 is 16.6 Å². The molecular weight excluding hydrogens is 216 g/mol. The lowest BCUT2D eigenvalue weighted by molar-refractivity contribution is 0.195. The van der Waals surface area contributed by atoms with Crippen molar-refractivity contribution in [3.8, 4) is 0 Å². The van der Waals surface area contributed by atoms with Gasteiger partial charge in [0.15, 0.2) is 0 Å². The van der Waals surface area contributed by atoms with Crippen molar-refractivity contribution in [2.75, 3.05) is 26.8 Å². The number of nitrogens with zero attached hydrogens (tertiary/aromatic N) is 1. The van der Waals surface area contributed by atoms with E-state index in [9.17, 15) is 0 Å². The maximum absolute atomic E-state index is 5.44. The number of hydrazine groups is 1. The minimum atomic E-state index is 0.477. The molecular formula is C12H26N4O. The maximum atomic E-state index is 5.44. The zero-order valence-corrected chi connectivity index (χ0v) is 11.1. The highest BCUT2D eigenvalue weighted by Crippen LogP contribution is 2.49. The summed E-state index contributed by atoms with van der Waals surface area (Å²) in [6, 6.07) is 0. The molecule has 5 nitrogen and oxygen atoms in total. The summed E-state index contributed by atoms with van der Waals surface area (Å²) in [6.07, 6.45) is 6.09. The second kappa shape index (κ2) is 7.50. The third-order valence-corrected chi connectivity index (χ3v) is 3.26. The summed E-state index contributed by atoms with van der Waals surface area (Å²) in [4.78, 5) is 4.52. The van der Waals surface area contributed by atoms with Crippen LogP contribution >= 0.6 is 0 Å². The van der Waals surface area contributed by atoms with E-state index in [4.69, 9.17) is 10.6 Å². The van der Waals surface area contributed by atoms with Gasteiger partial charge >= 0.3 is 0 Å². The average Bonchev–Trinajstić information content (AvgIpc) is 3.09. The Bertz CT molecular complexity index is 239. The summed E-state index contributed by atoms with van der Waals surface area (Å²) in [5.74, 6) is 6.13. The second-order valence-electron chi connectivity index (χ2n) is 4.83. The fourth-order valence-corrected chi connectivity index (χ4v) is 2.02. The first-order valence-electron chi connectivity index (χ1n) is 6.50. The Morgan fingerprint density at radius 3 is 2.76 bits per heavy atom. The summed E-state index contributed by atoms with van der Waals surface area (Å²) in [7, 11) is 1.71. The number of hydrogen-bond donors (Lipinski definition) is 3. The number of methoxy groups -OCH3 is 1. The van der Waals surface area contributed by atoms with E-state index in [1.54, 1.807) is 7.11 Å². The van der Waals surface area contributed by atoms with Gasteiger partial charge in [0, 0.05) is 26.8 Å². The van der Waals surface area contributed by atoms with E-state index in [1.807, 2.05) is 0 Å². The molecule has 0 radical (unpaired) electrons. The molecule has 1 saturated carbocycles. The van der Waals surface area contributed by atoms with Crippen LogP contribution in [0.5, 0.6) is 0 Å². The lowest BCUT2D eigenvalue weighted by atomic mass is 10.0. The van der Waals surface area contributed by atoms with E-state index in [0.29, 0.717) is 11.4 Å². The molecule has 1 rings (SSSR count). The summed E-state index contributed by atoms with van der Waals surface area (Å²) in [5, 5.41) is 3.18. The quantitative estimate of drug-likeness (QED) is 0.195. The summed E-state index contributed by atoms with van der Waals surface area (Å²) < 4.78 is 4.98. The van der Waals surface area contributed by atoms with Gasteiger partial charge < -0.3 is 10.1 Å². The number of nitrogens with one attached hydrogen (secondary N) is 2. The standard InChI is InChI=1S/C12H26N4O/c1-3-5-12(6-7-12)10-15-11(16-13)14-8-4-9-17-2/h3-10,13H2,1-2H3,(H2,14,15,16). The van der Waals surface area contributed by atoms with Crippen LogP contribution in [0.3, 0.4) is 0 Å². The molecule has 17 heavy (non-hydrogen) atoms. The van der Waals surface area contributed by atoms with Crippen LogP contribution in [0.15, 0.2) is 4.99 Å². The Morgan fingerprint density at radius 2 is 2.24 bits per heavy atom. The molecule has 1 fully saturated rings. The number of aliphatic imine (C=N–C) groups is 1. The Hall–Kier alpha value is -0.810. The fraction of sp³-hybridized carbons (Fsp3) is 0.917. The van der Waals surface area contributed by atoms with Gasteiger partial charge in [0.2, 0.25) is 5.96 Å². The number of rotatable bonds is 8. The molecule has 100 valence electrons. The molecule has 0 aromatic carbocycles. The monoisotopic (exact) mass is 242 g/mol. The highest BCUT2D eigenvalue weighted by molar-refractivity contribution is 5.79. The van der Waals surface area contributed by atoms with Crippen LogP contribution in [0.4, 0.5) is 0 Å². The van der Waals surface area contributed by atoms with Gasteiger partial charge in [-0.05, 0) is 31.1 Å². The highest BCUT2D eigenvalue weighted by Gasteiger charge is 2.41. The van der Waals surface area contributed by atoms with Crippen molar-refractivity contribution in [3.05, 3.63) is 0 Å². The molecule has 5 heteroatoms. The van der Waals surface area contributed by atoms with Gasteiger partial charge in [-0.25, -0.2) is 5.84 Å². The maximum Gasteiger partial charge on any atom is 0.205 e. The van der Waals surface area contributed by atoms with Crippen molar-refractivity contribution in [2.24, 2.45) is 16.3 Å². The van der Waals surface area contributed by atoms with Crippen LogP contribution in [-0.4, -0.2) is 32.8 Å². The van der Waals surface area contributed by atoms with Crippen LogP contribution in [0.25, 0.3) is 0 Å². The van der Waals surface area contributed by atoms with E-state index in [0.717, 1.165) is 26.1 Å². The Balaban J connectivity index is 2.24. The molecule has 0 aromatic heterocycles. The highest BCUT2D eigenvalue weighted by atomic mass is 16.5. The van der Waals surface area contributed by atoms with Gasteiger partial charge in [-0.1, -0.05) is 13.3 Å². The third kappa shape index (κ3) is 5.37. The molecule has 4 N–H and O–H groups in total. The van der Waals surface area contributed by atoms with Crippen molar-refractivity contribution in [2.45, 2.75) is 39.0 Å². The van der Waals surface area contributed by atoms with Crippen LogP contribution in [0.2, 0.25) is 0 Å². The normalized spacial score (nSPS) is 17.9. The Kier molecular flexibility index (Phi) is 6.29. The molecule has 0 aliphatic heterocycles. The van der Waals surface area contributed by atoms with Gasteiger partial charge in [0.1, 0.15) is 0 Å². The van der Waals surface area contributed by atoms with Gasteiger partial charge in [0.25, 0.3) is 0 Å². The van der Waals surface area contributed by atoms with E-state index in [1.165, 1.54) is 25.7 Å². The summed E-state index contributed by atoms with van der Waals surface area (Å²) in [5.41, 5.74) is 3.10. The smallest absolute Gasteiger partial charge is 0.205 e. The first kappa shape index (κ1) is 14.3. The van der Waals surface area contributed by atoms with E-state index < -0.39 is 0 Å². The fourth-order valence-electron chi connectivity index (χ4n) is 2.02. The van der Waals surface area contributed by atoms with Crippen LogP contribution in [0.1, 0.15) is 39.0 Å². The van der Waals surface area contributed by atoms with Crippen molar-refractivity contribution < 1.29 is 4.74 Å². The molecule has 0 spiro atoms. The number of guanidine groups is 1. The topological polar surface area (TPSA) is 71.7 Å². The zero-order chi connectivity index (χ0) is 12.6. The van der Waals surface area contributed by atoms with E-state index in [2.05, 4.69) is 22.7 Å². The lowest BCUT2D eigenvalue weighted by Gasteiger charge is -2.13. The largest absolute Gasteiger partial charge is 0.385 e. The first-order valence-corrected chi connectivity index (χ1v) is 6.50. The predicted molar refractivity (Wildman–Crippen MR) is 70.7 cm³/mol. The molecule has 0 unspecified atom stereocenters. The molecule has 0 bridgehead atoms. The molecule has 0 heterocycles. The van der Waals surface area contributed by atoms with Crippen molar-refractivity contribution >= 4 is 5.96 Å². The van der Waals surface area contributed by atoms with Crippen molar-refractivity contribution in [3.63, 3.8) is 0 Å². The molecule has 0 saturated heterocycles. The van der Waals surface area contributed by atoms with Gasteiger partial charge in [0.05, 0.1) is 0 Å². The molecule has 1 aliphatic carbocycles. The Morgan fingerprint density at radius 1 is 1.47 bits per heavy atom. The number of nitrogens with two attached hydrogens (primary N) is 1. The second-order valence-corrected chi connectivity index (χ2v) is 4.83. The molecule has 0 aromatic rings. The van der Waals surface area contributed by atoms with Crippen LogP contribution in [0, 0.1) is 5.41 Å². The van der Waals surface area contributed by atoms with Gasteiger partial charge in [-0.15, -0.1) is 0 Å². The van der Waals surface area contributed by atoms with E-state index >= 15 is 0 Å². The van der Waals surface area contributed by atoms with E-state index in [-0.39, 0.29) is 0 Å². The zero-order valence-electron chi connectivity index (χ0n) is 11.1. The molecule has 0 amide bonds. The minimum Gasteiger partial charge on any atom is -0.385 e. The van der Waals surface area contributed by atoms with Gasteiger partial charge in [-0.3, -0.25) is 10.4 Å². The lowest BCUT2D eigenvalue weighted by Crippen LogP contribution is -2.42. The average molecular weight is 242 g/mol.